The number of carbonyl (C=O) groups excluding carboxylic acids is 2. The second kappa shape index (κ2) is 40.4. The maximum atomic E-state index is 12.9. The molecular formula is C54H89N3O16P2. The van der Waals surface area contributed by atoms with Crippen molar-refractivity contribution in [2.45, 2.75) is 205 Å². The molecule has 1 aromatic rings. The van der Waals surface area contributed by atoms with Crippen molar-refractivity contribution in [3.63, 3.8) is 0 Å². The van der Waals surface area contributed by atoms with Crippen LogP contribution in [0.1, 0.15) is 175 Å². The lowest BCUT2D eigenvalue weighted by Crippen LogP contribution is -2.36. The Hall–Kier alpha value is -3.84. The van der Waals surface area contributed by atoms with Crippen LogP contribution < -0.4 is 11.4 Å². The smallest absolute Gasteiger partial charge is 0.462 e. The summed E-state index contributed by atoms with van der Waals surface area (Å²) >= 11 is 0. The average Bonchev–Trinajstić information content (AvgIpc) is 3.63. The number of ether oxygens (including phenoxy) is 3. The van der Waals surface area contributed by atoms with Gasteiger partial charge in [-0.25, -0.2) is 13.9 Å². The van der Waals surface area contributed by atoms with Crippen LogP contribution in [-0.2, 0) is 46.3 Å². The number of phosphoric acid groups is 2. The Bertz CT molecular complexity index is 2070. The van der Waals surface area contributed by atoms with Gasteiger partial charge in [0.2, 0.25) is 0 Å². The first kappa shape index (κ1) is 67.3. The number of nitrogens with zero attached hydrogens (tertiary/aromatic N) is 2. The summed E-state index contributed by atoms with van der Waals surface area (Å²) in [5, 5.41) is 31.2. The lowest BCUT2D eigenvalue weighted by molar-refractivity contribution is -0.161. The number of anilines is 1. The third-order valence-electron chi connectivity index (χ3n) is 11.8. The number of nitrogens with two attached hydrogens (primary N) is 1. The van der Waals surface area contributed by atoms with Crippen LogP contribution in [-0.4, -0.2) is 96.9 Å². The van der Waals surface area contributed by atoms with E-state index in [0.717, 1.165) is 68.0 Å². The molecule has 75 heavy (non-hydrogen) atoms. The van der Waals surface area contributed by atoms with E-state index in [0.29, 0.717) is 12.8 Å². The zero-order chi connectivity index (χ0) is 55.2. The van der Waals surface area contributed by atoms with E-state index >= 15 is 0 Å². The number of carbonyl (C=O) groups is 2. The van der Waals surface area contributed by atoms with Gasteiger partial charge in [0.25, 0.3) is 0 Å². The van der Waals surface area contributed by atoms with Gasteiger partial charge in [-0.2, -0.15) is 9.29 Å². The Morgan fingerprint density at radius 3 is 1.92 bits per heavy atom. The molecule has 2 heterocycles. The van der Waals surface area contributed by atoms with Gasteiger partial charge < -0.3 is 45.1 Å². The van der Waals surface area contributed by atoms with Crippen molar-refractivity contribution in [1.82, 2.24) is 9.55 Å². The second-order valence-corrected chi connectivity index (χ2v) is 22.1. The maximum Gasteiger partial charge on any atom is 0.481 e. The predicted octanol–water partition coefficient (Wildman–Crippen LogP) is 10.5. The zero-order valence-electron chi connectivity index (χ0n) is 44.6. The first-order valence-corrected chi connectivity index (χ1v) is 29.9. The molecule has 1 aliphatic heterocycles. The molecule has 3 unspecified atom stereocenters. The highest BCUT2D eigenvalue weighted by Crippen LogP contribution is 2.60. The van der Waals surface area contributed by atoms with E-state index in [4.69, 9.17) is 29.0 Å². The van der Waals surface area contributed by atoms with Crippen LogP contribution in [0.25, 0.3) is 0 Å². The Balaban J connectivity index is 1.84. The van der Waals surface area contributed by atoms with E-state index in [-0.39, 0.29) is 25.1 Å². The number of aromatic nitrogens is 2. The molecule has 7 N–H and O–H groups in total. The summed E-state index contributed by atoms with van der Waals surface area (Å²) in [5.74, 6) is -0.704. The normalized spacial score (nSPS) is 19.9. The van der Waals surface area contributed by atoms with Gasteiger partial charge >= 0.3 is 33.3 Å². The Morgan fingerprint density at radius 1 is 0.747 bits per heavy atom. The van der Waals surface area contributed by atoms with Crippen LogP contribution in [0.15, 0.2) is 90.0 Å². The summed E-state index contributed by atoms with van der Waals surface area (Å²) in [7, 11) is -10.9. The number of allylic oxidation sites excluding steroid dienone is 10. The molecule has 2 rings (SSSR count). The quantitative estimate of drug-likeness (QED) is 0.0116. The van der Waals surface area contributed by atoms with Crippen molar-refractivity contribution >= 4 is 33.4 Å². The fraction of sp³-hybridized carbons (Fsp3) is 0.667. The Morgan fingerprint density at radius 2 is 1.32 bits per heavy atom. The molecule has 0 radical (unpaired) electrons. The van der Waals surface area contributed by atoms with Crippen LogP contribution in [0.4, 0.5) is 5.82 Å². The number of nitrogen functional groups attached to an aromatic ring is 1. The van der Waals surface area contributed by atoms with Crippen molar-refractivity contribution in [3.05, 3.63) is 95.7 Å². The third-order valence-corrected chi connectivity index (χ3v) is 14.4. The average molecular weight is 1100 g/mol. The van der Waals surface area contributed by atoms with E-state index in [2.05, 4.69) is 66.5 Å². The summed E-state index contributed by atoms with van der Waals surface area (Å²) in [6, 6.07) is 1.24. The highest BCUT2D eigenvalue weighted by molar-refractivity contribution is 7.61. The van der Waals surface area contributed by atoms with Crippen LogP contribution in [0.3, 0.4) is 0 Å². The fourth-order valence-electron chi connectivity index (χ4n) is 7.67. The molecule has 1 fully saturated rings. The Kier molecular flexibility index (Phi) is 36.2. The molecule has 1 aromatic heterocycles. The highest BCUT2D eigenvalue weighted by Gasteiger charge is 2.46. The minimum atomic E-state index is -5.46. The third kappa shape index (κ3) is 33.8. The molecular weight excluding hydrogens is 1010 g/mol. The van der Waals surface area contributed by atoms with Crippen LogP contribution >= 0.6 is 15.6 Å². The van der Waals surface area contributed by atoms with E-state index < -0.39 is 89.8 Å². The van der Waals surface area contributed by atoms with Crippen molar-refractivity contribution in [3.8, 4) is 0 Å². The molecule has 1 aliphatic rings. The van der Waals surface area contributed by atoms with Gasteiger partial charge in [0.15, 0.2) is 12.3 Å². The molecule has 8 atom stereocenters. The molecule has 0 spiro atoms. The van der Waals surface area contributed by atoms with Gasteiger partial charge in [0.1, 0.15) is 30.7 Å². The van der Waals surface area contributed by atoms with E-state index in [9.17, 15) is 48.6 Å². The van der Waals surface area contributed by atoms with E-state index in [1.165, 1.54) is 70.3 Å². The predicted molar refractivity (Wildman–Crippen MR) is 290 cm³/mol. The SMILES string of the molecule is CC/C=C\C/C=C\C/C=C\C/C=C\C=C/C(O)C/C=C\CCC(=O)OC[C@H](COP(=O)(O)OP(=O)(O)OC[C@H]1O[C@@H](n2ccc(N)nc2=O)[C@H](O)[C@@H]1O)OC(=O)CCCCCCCCCCCCCCCCC(C)C. The number of rotatable bonds is 43. The second-order valence-electron chi connectivity index (χ2n) is 19.0. The number of unbranched alkanes of at least 4 members (excludes halogenated alkanes) is 13. The summed E-state index contributed by atoms with van der Waals surface area (Å²) in [5.41, 5.74) is 4.58. The largest absolute Gasteiger partial charge is 0.481 e. The topological polar surface area (TPSA) is 286 Å². The molecule has 0 bridgehead atoms. The van der Waals surface area contributed by atoms with Crippen molar-refractivity contribution in [1.29, 1.82) is 0 Å². The summed E-state index contributed by atoms with van der Waals surface area (Å²) in [6.07, 6.45) is 37.3. The molecule has 426 valence electrons. The van der Waals surface area contributed by atoms with Gasteiger partial charge in [-0.3, -0.25) is 23.2 Å². The van der Waals surface area contributed by atoms with Crippen LogP contribution in [0, 0.1) is 5.92 Å². The van der Waals surface area contributed by atoms with E-state index in [1.54, 1.807) is 24.3 Å². The first-order chi connectivity index (χ1) is 35.9. The number of aliphatic hydroxyl groups excluding tert-OH is 3. The number of hydrogen-bond acceptors (Lipinski definition) is 16. The highest BCUT2D eigenvalue weighted by atomic mass is 31.3. The van der Waals surface area contributed by atoms with Gasteiger partial charge in [0.05, 0.1) is 19.3 Å². The summed E-state index contributed by atoms with van der Waals surface area (Å²) in [6.45, 7) is 4.20. The van der Waals surface area contributed by atoms with Gasteiger partial charge in [0, 0.05) is 19.0 Å². The number of aliphatic hydroxyl groups is 3. The minimum Gasteiger partial charge on any atom is -0.462 e. The summed E-state index contributed by atoms with van der Waals surface area (Å²) in [4.78, 5) is 62.0. The number of hydrogen-bond donors (Lipinski definition) is 6. The van der Waals surface area contributed by atoms with Gasteiger partial charge in [-0.1, -0.05) is 184 Å². The van der Waals surface area contributed by atoms with Crippen molar-refractivity contribution in [2.75, 3.05) is 25.6 Å². The standard InChI is InChI=1S/C54H89N3O16P2/c1-4-5-6-7-8-9-10-13-17-20-23-26-30-35-45(58)36-31-28-33-37-49(59)68-41-46(71-50(60)38-32-27-24-21-18-15-12-11-14-16-19-22-25-29-34-44(2)3)42-69-74(64,65)73-75(66,67)70-43-47-51(61)52(62)53(72-47)57-40-39-48(55)56-54(57)63/h5-6,8-9,13,17,23,26,28,30-31,35,39-40,44-47,51-53,58,61-62H,4,7,10-12,14-16,18-22,24-25,27,29,32-34,36-38,41-43H2,1-3H3,(H,64,65)(H,66,67)(H2,55,56,63)/b6-5-,9-8-,17-13-,26-23-,31-28-,35-30-/t45?,46-,47-,51-,52-,53-/m1/s1. The van der Waals surface area contributed by atoms with Crippen LogP contribution in [0.2, 0.25) is 0 Å². The molecule has 0 saturated carbocycles. The first-order valence-electron chi connectivity index (χ1n) is 26.9. The molecule has 0 aromatic carbocycles. The van der Waals surface area contributed by atoms with Crippen molar-refractivity contribution < 1.29 is 71.4 Å². The van der Waals surface area contributed by atoms with Gasteiger partial charge in [-0.05, 0) is 56.9 Å². The molecule has 21 heteroatoms. The fourth-order valence-corrected chi connectivity index (χ4v) is 9.78. The lowest BCUT2D eigenvalue weighted by Gasteiger charge is -2.21. The zero-order valence-corrected chi connectivity index (χ0v) is 46.4. The van der Waals surface area contributed by atoms with Crippen molar-refractivity contribution in [2.24, 2.45) is 5.92 Å². The molecule has 1 saturated heterocycles. The molecule has 0 aliphatic carbocycles. The lowest BCUT2D eigenvalue weighted by atomic mass is 10.0. The monoisotopic (exact) mass is 1100 g/mol. The molecule has 19 nitrogen and oxygen atoms in total. The summed E-state index contributed by atoms with van der Waals surface area (Å²) < 4.78 is 56.7. The maximum absolute atomic E-state index is 12.9. The number of phosphoric ester groups is 2. The number of esters is 2. The van der Waals surface area contributed by atoms with Crippen LogP contribution in [0.5, 0.6) is 0 Å². The Labute approximate surface area is 445 Å². The molecule has 0 amide bonds. The van der Waals surface area contributed by atoms with E-state index in [1.807, 2.05) is 12.2 Å². The van der Waals surface area contributed by atoms with Gasteiger partial charge in [-0.15, -0.1) is 0 Å². The minimum absolute atomic E-state index is 0.0122.